The number of amides is 1. The summed E-state index contributed by atoms with van der Waals surface area (Å²) in [5.41, 5.74) is 1.28. The minimum atomic E-state index is -1.10. The Hall–Kier alpha value is -3.16. The van der Waals surface area contributed by atoms with Crippen molar-refractivity contribution in [3.05, 3.63) is 52.5 Å². The molecule has 1 fully saturated rings. The van der Waals surface area contributed by atoms with Crippen molar-refractivity contribution in [2.45, 2.75) is 19.5 Å². The molecule has 1 aliphatic rings. The molecule has 1 amide bonds. The molecule has 1 N–H and O–H groups in total. The molecule has 4 rings (SSSR count). The van der Waals surface area contributed by atoms with Crippen LogP contribution in [0.1, 0.15) is 12.0 Å². The monoisotopic (exact) mass is 370 g/mol. The molecule has 6 nitrogen and oxygen atoms in total. The first kappa shape index (κ1) is 17.3. The number of aryl methyl sites for hydroxylation is 1. The Kier molecular flexibility index (Phi) is 3.98. The lowest BCUT2D eigenvalue weighted by Crippen LogP contribution is -2.20. The second-order valence-electron chi connectivity index (χ2n) is 6.69. The normalized spacial score (nSPS) is 18.5. The highest BCUT2D eigenvalue weighted by atomic mass is 19.1. The number of hydrogen-bond donors (Lipinski definition) is 1. The van der Waals surface area contributed by atoms with Crippen molar-refractivity contribution >= 4 is 22.6 Å². The molecule has 1 aliphatic carbocycles. The third-order valence-corrected chi connectivity index (χ3v) is 4.85. The summed E-state index contributed by atoms with van der Waals surface area (Å²) in [4.78, 5) is 32.7. The number of alkyl halides is 1. The molecule has 0 aliphatic heterocycles. The average molecular weight is 370 g/mol. The van der Waals surface area contributed by atoms with Gasteiger partial charge >= 0.3 is 0 Å². The largest absolute Gasteiger partial charge is 0.311 e. The van der Waals surface area contributed by atoms with Crippen LogP contribution < -0.4 is 10.9 Å². The molecule has 8 heteroatoms. The van der Waals surface area contributed by atoms with Gasteiger partial charge in [-0.15, -0.1) is 0 Å². The van der Waals surface area contributed by atoms with Gasteiger partial charge in [-0.05, 0) is 25.0 Å². The third kappa shape index (κ3) is 2.97. The van der Waals surface area contributed by atoms with Gasteiger partial charge in [-0.3, -0.25) is 14.6 Å². The number of pyridine rings is 3. The van der Waals surface area contributed by atoms with Crippen LogP contribution in [0.15, 0.2) is 35.5 Å². The van der Waals surface area contributed by atoms with Gasteiger partial charge in [-0.2, -0.15) is 0 Å². The highest BCUT2D eigenvalue weighted by Gasteiger charge is 2.43. The molecular formula is C19H16F2N4O2. The molecule has 3 heterocycles. The van der Waals surface area contributed by atoms with Gasteiger partial charge in [0.15, 0.2) is 0 Å². The molecule has 0 aromatic carbocycles. The highest BCUT2D eigenvalue weighted by molar-refractivity contribution is 5.95. The fraction of sp³-hybridized carbons (Fsp3) is 0.263. The summed E-state index contributed by atoms with van der Waals surface area (Å²) in [7, 11) is 1.58. The van der Waals surface area contributed by atoms with E-state index in [4.69, 9.17) is 0 Å². The first-order valence-corrected chi connectivity index (χ1v) is 8.42. The molecule has 27 heavy (non-hydrogen) atoms. The average Bonchev–Trinajstić information content (AvgIpc) is 3.38. The zero-order valence-electron chi connectivity index (χ0n) is 14.7. The molecule has 0 saturated heterocycles. The van der Waals surface area contributed by atoms with E-state index in [1.807, 2.05) is 0 Å². The Balaban J connectivity index is 1.78. The molecule has 2 unspecified atom stereocenters. The number of halogens is 2. The number of carbonyl (C=O) groups excluding carboxylic acids is 1. The lowest BCUT2D eigenvalue weighted by atomic mass is 10.0. The zero-order valence-corrected chi connectivity index (χ0v) is 14.7. The molecule has 0 radical (unpaired) electrons. The molecule has 0 spiro atoms. The number of hydrogen-bond acceptors (Lipinski definition) is 4. The maximum atomic E-state index is 13.8. The Morgan fingerprint density at radius 3 is 2.70 bits per heavy atom. The van der Waals surface area contributed by atoms with Crippen LogP contribution in [0, 0.1) is 18.7 Å². The van der Waals surface area contributed by atoms with Crippen LogP contribution in [-0.4, -0.2) is 26.6 Å². The molecule has 1 saturated carbocycles. The summed E-state index contributed by atoms with van der Waals surface area (Å²) in [5.74, 6) is -1.29. The van der Waals surface area contributed by atoms with E-state index >= 15 is 0 Å². The quantitative estimate of drug-likeness (QED) is 0.769. The summed E-state index contributed by atoms with van der Waals surface area (Å²) < 4.78 is 28.2. The van der Waals surface area contributed by atoms with E-state index < -0.39 is 23.8 Å². The molecule has 3 aromatic heterocycles. The Bertz CT molecular complexity index is 1140. The van der Waals surface area contributed by atoms with Crippen LogP contribution in [0.2, 0.25) is 0 Å². The smallest absolute Gasteiger partial charge is 0.258 e. The lowest BCUT2D eigenvalue weighted by Gasteiger charge is -2.12. The van der Waals surface area contributed by atoms with E-state index in [1.54, 1.807) is 26.1 Å². The Morgan fingerprint density at radius 2 is 2.00 bits per heavy atom. The fourth-order valence-corrected chi connectivity index (χ4v) is 3.05. The van der Waals surface area contributed by atoms with Gasteiger partial charge in [0.2, 0.25) is 5.91 Å². The number of nitrogens with zero attached hydrogens (tertiary/aromatic N) is 3. The first-order valence-electron chi connectivity index (χ1n) is 8.42. The molecule has 2 atom stereocenters. The first-order chi connectivity index (χ1) is 12.9. The number of fused-ring (bicyclic) bond motifs is 1. The van der Waals surface area contributed by atoms with Crippen molar-refractivity contribution in [2.24, 2.45) is 13.0 Å². The van der Waals surface area contributed by atoms with E-state index in [0.29, 0.717) is 27.6 Å². The van der Waals surface area contributed by atoms with Crippen molar-refractivity contribution in [1.29, 1.82) is 0 Å². The topological polar surface area (TPSA) is 76.9 Å². The highest BCUT2D eigenvalue weighted by Crippen LogP contribution is 2.34. The summed E-state index contributed by atoms with van der Waals surface area (Å²) >= 11 is 0. The predicted molar refractivity (Wildman–Crippen MR) is 96.5 cm³/mol. The van der Waals surface area contributed by atoms with Crippen molar-refractivity contribution in [1.82, 2.24) is 14.5 Å². The number of nitrogens with one attached hydrogen (secondary N) is 1. The van der Waals surface area contributed by atoms with Crippen molar-refractivity contribution in [3.8, 4) is 11.1 Å². The van der Waals surface area contributed by atoms with Gasteiger partial charge in [0.1, 0.15) is 17.8 Å². The minimum Gasteiger partial charge on any atom is -0.311 e. The van der Waals surface area contributed by atoms with E-state index in [0.717, 1.165) is 6.20 Å². The number of aromatic nitrogens is 3. The molecular weight excluding hydrogens is 354 g/mol. The second kappa shape index (κ2) is 6.22. The summed E-state index contributed by atoms with van der Waals surface area (Å²) in [5, 5.41) is 3.21. The SMILES string of the molecule is Cc1c(F)cncc1-c1cc2cnc(NC(=O)C3CC3F)cc2n(C)c1=O. The van der Waals surface area contributed by atoms with Gasteiger partial charge in [0.25, 0.3) is 5.56 Å². The summed E-state index contributed by atoms with van der Waals surface area (Å²) in [6.45, 7) is 1.59. The van der Waals surface area contributed by atoms with E-state index in [2.05, 4.69) is 15.3 Å². The third-order valence-electron chi connectivity index (χ3n) is 4.85. The molecule has 3 aromatic rings. The Morgan fingerprint density at radius 1 is 1.26 bits per heavy atom. The number of anilines is 1. The maximum absolute atomic E-state index is 13.8. The van der Waals surface area contributed by atoms with Gasteiger partial charge in [-0.1, -0.05) is 0 Å². The van der Waals surface area contributed by atoms with Crippen LogP contribution in [0.25, 0.3) is 22.0 Å². The van der Waals surface area contributed by atoms with E-state index in [1.165, 1.54) is 17.0 Å². The van der Waals surface area contributed by atoms with Crippen molar-refractivity contribution in [2.75, 3.05) is 5.32 Å². The van der Waals surface area contributed by atoms with Gasteiger partial charge in [0, 0.05) is 42.0 Å². The lowest BCUT2D eigenvalue weighted by molar-refractivity contribution is -0.117. The fourth-order valence-electron chi connectivity index (χ4n) is 3.05. The van der Waals surface area contributed by atoms with Crippen LogP contribution in [-0.2, 0) is 11.8 Å². The maximum Gasteiger partial charge on any atom is 0.258 e. The van der Waals surface area contributed by atoms with E-state index in [-0.39, 0.29) is 17.8 Å². The number of carbonyl (C=O) groups is 1. The van der Waals surface area contributed by atoms with Crippen LogP contribution in [0.3, 0.4) is 0 Å². The number of rotatable bonds is 3. The van der Waals surface area contributed by atoms with E-state index in [9.17, 15) is 18.4 Å². The summed E-state index contributed by atoms with van der Waals surface area (Å²) in [6, 6.07) is 3.18. The standard InChI is InChI=1S/C19H16F2N4O2/c1-9-13(7-22-8-15(9)21)11-3-10-6-23-17(5-16(10)25(2)19(11)27)24-18(26)12-4-14(12)20/h3,5-8,12,14H,4H2,1-2H3,(H,23,24,26). The second-order valence-corrected chi connectivity index (χ2v) is 6.69. The predicted octanol–water partition coefficient (Wildman–Crippen LogP) is 2.74. The summed E-state index contributed by atoms with van der Waals surface area (Å²) in [6.07, 6.45) is 3.19. The van der Waals surface area contributed by atoms with Gasteiger partial charge in [-0.25, -0.2) is 13.8 Å². The van der Waals surface area contributed by atoms with Gasteiger partial charge < -0.3 is 9.88 Å². The minimum absolute atomic E-state index is 0.224. The van der Waals surface area contributed by atoms with Crippen LogP contribution in [0.4, 0.5) is 14.6 Å². The molecule has 0 bridgehead atoms. The van der Waals surface area contributed by atoms with Crippen LogP contribution >= 0.6 is 0 Å². The van der Waals surface area contributed by atoms with Gasteiger partial charge in [0.05, 0.1) is 17.6 Å². The Labute approximate surface area is 152 Å². The van der Waals surface area contributed by atoms with Crippen LogP contribution in [0.5, 0.6) is 0 Å². The molecule has 138 valence electrons. The van der Waals surface area contributed by atoms with Crippen molar-refractivity contribution in [3.63, 3.8) is 0 Å². The zero-order chi connectivity index (χ0) is 19.3. The van der Waals surface area contributed by atoms with Crippen molar-refractivity contribution < 1.29 is 13.6 Å².